The summed E-state index contributed by atoms with van der Waals surface area (Å²) in [5.74, 6) is 2.85. The van der Waals surface area contributed by atoms with E-state index < -0.39 is 11.9 Å². The van der Waals surface area contributed by atoms with Crippen molar-refractivity contribution in [1.82, 2.24) is 10.2 Å². The third-order valence-electron chi connectivity index (χ3n) is 8.76. The maximum absolute atomic E-state index is 12.8. The molecule has 0 radical (unpaired) electrons. The number of hydrogen-bond acceptors (Lipinski definition) is 9. The minimum Gasteiger partial charge on any atom is -0.423 e. The van der Waals surface area contributed by atoms with E-state index in [4.69, 9.17) is 13.9 Å². The van der Waals surface area contributed by atoms with Crippen molar-refractivity contribution in [2.45, 2.75) is 101 Å². The van der Waals surface area contributed by atoms with E-state index in [1.807, 2.05) is 72.1 Å². The lowest BCUT2D eigenvalue weighted by Gasteiger charge is -2.06. The van der Waals surface area contributed by atoms with E-state index in [-0.39, 0.29) is 0 Å². The van der Waals surface area contributed by atoms with Gasteiger partial charge in [0.1, 0.15) is 11.5 Å². The van der Waals surface area contributed by atoms with Gasteiger partial charge in [-0.15, -0.1) is 33.7 Å². The topological polar surface area (TPSA) is 91.5 Å². The molecule has 0 aliphatic heterocycles. The molecule has 9 heteroatoms. The van der Waals surface area contributed by atoms with Gasteiger partial charge in [0.05, 0.1) is 11.1 Å². The smallest absolute Gasteiger partial charge is 0.343 e. The molecular weight excluding hydrogens is 701 g/mol. The summed E-state index contributed by atoms with van der Waals surface area (Å²) in [5.41, 5.74) is 2.38. The Hall–Kier alpha value is -4.34. The van der Waals surface area contributed by atoms with E-state index in [0.29, 0.717) is 45.5 Å². The maximum Gasteiger partial charge on any atom is 0.343 e. The summed E-state index contributed by atoms with van der Waals surface area (Å²) in [6, 6.07) is 29.0. The normalized spacial score (nSPS) is 11.1. The lowest BCUT2D eigenvalue weighted by Crippen LogP contribution is -2.08. The Balaban J connectivity index is 1.05. The molecule has 4 aromatic carbocycles. The Bertz CT molecular complexity index is 1690. The predicted octanol–water partition coefficient (Wildman–Crippen LogP) is 12.7. The number of rotatable bonds is 22. The molecule has 0 aliphatic rings. The van der Waals surface area contributed by atoms with Gasteiger partial charge >= 0.3 is 11.9 Å². The number of ether oxygens (including phenoxy) is 2. The summed E-state index contributed by atoms with van der Waals surface area (Å²) in [4.78, 5) is 27.8. The van der Waals surface area contributed by atoms with Crippen molar-refractivity contribution in [2.75, 3.05) is 11.5 Å². The van der Waals surface area contributed by atoms with Crippen molar-refractivity contribution in [3.63, 3.8) is 0 Å². The second kappa shape index (κ2) is 22.0. The van der Waals surface area contributed by atoms with Gasteiger partial charge in [0.15, 0.2) is 0 Å². The van der Waals surface area contributed by atoms with E-state index in [1.165, 1.54) is 77.0 Å². The van der Waals surface area contributed by atoms with Gasteiger partial charge in [-0.2, -0.15) is 0 Å². The number of thioether (sulfide) groups is 2. The van der Waals surface area contributed by atoms with Crippen LogP contribution in [0.3, 0.4) is 0 Å². The zero-order chi connectivity index (χ0) is 37.1. The monoisotopic (exact) mass is 750 g/mol. The van der Waals surface area contributed by atoms with Crippen LogP contribution >= 0.6 is 23.5 Å². The summed E-state index contributed by atoms with van der Waals surface area (Å²) in [6.45, 7) is 4.47. The molecule has 5 aromatic rings. The zero-order valence-corrected chi connectivity index (χ0v) is 32.5. The second-order valence-corrected chi connectivity index (χ2v) is 15.4. The number of hydrogen-bond donors (Lipinski definition) is 0. The van der Waals surface area contributed by atoms with Crippen LogP contribution in [-0.4, -0.2) is 33.6 Å². The fraction of sp³-hybridized carbons (Fsp3) is 0.364. The maximum atomic E-state index is 12.8. The van der Waals surface area contributed by atoms with E-state index in [9.17, 15) is 9.59 Å². The Morgan fingerprint density at radius 3 is 1.23 bits per heavy atom. The molecule has 1 heterocycles. The van der Waals surface area contributed by atoms with Crippen LogP contribution in [0.1, 0.15) is 112 Å². The number of aromatic nitrogens is 2. The first-order chi connectivity index (χ1) is 26.0. The van der Waals surface area contributed by atoms with Crippen LogP contribution in [0.15, 0.2) is 111 Å². The van der Waals surface area contributed by atoms with Crippen molar-refractivity contribution >= 4 is 35.5 Å². The van der Waals surface area contributed by atoms with E-state index in [0.717, 1.165) is 21.3 Å². The largest absolute Gasteiger partial charge is 0.423 e. The zero-order valence-electron chi connectivity index (χ0n) is 30.9. The molecule has 0 unspecified atom stereocenters. The molecule has 1 aromatic heterocycles. The molecular formula is C44H50N2O5S2. The first kappa shape index (κ1) is 39.9. The first-order valence-corrected chi connectivity index (χ1v) is 20.9. The van der Waals surface area contributed by atoms with Gasteiger partial charge in [-0.1, -0.05) is 78.1 Å². The van der Waals surface area contributed by atoms with Gasteiger partial charge in [-0.05, 0) is 121 Å². The summed E-state index contributed by atoms with van der Waals surface area (Å²) < 4.78 is 17.1. The van der Waals surface area contributed by atoms with E-state index >= 15 is 0 Å². The summed E-state index contributed by atoms with van der Waals surface area (Å²) in [6.07, 6.45) is 15.4. The standard InChI is InChI=1S/C44H50N2O5S2/c1-3-5-7-9-11-13-31-52-39-27-19-35(20-28-39)43(47)49-37-23-15-33(16-24-37)41-45-46-42(51-41)34-17-25-38(26-18-34)50-44(48)36-21-29-40(30-22-36)53-32-14-12-10-8-6-4-2/h15-30H,3-14,31-32H2,1-2H3. The van der Waals surface area contributed by atoms with Crippen LogP contribution in [-0.2, 0) is 0 Å². The number of esters is 2. The third-order valence-corrected chi connectivity index (χ3v) is 11.0. The highest BCUT2D eigenvalue weighted by atomic mass is 32.2. The molecule has 0 amide bonds. The van der Waals surface area contributed by atoms with Crippen molar-refractivity contribution in [3.05, 3.63) is 108 Å². The Morgan fingerprint density at radius 1 is 0.491 bits per heavy atom. The summed E-state index contributed by atoms with van der Waals surface area (Å²) >= 11 is 3.65. The Morgan fingerprint density at radius 2 is 0.849 bits per heavy atom. The highest BCUT2D eigenvalue weighted by Crippen LogP contribution is 2.28. The second-order valence-electron chi connectivity index (χ2n) is 13.0. The minimum atomic E-state index is -0.412. The lowest BCUT2D eigenvalue weighted by molar-refractivity contribution is 0.0725. The SMILES string of the molecule is CCCCCCCCSc1ccc(C(=O)Oc2ccc(-c3nnc(-c4ccc(OC(=O)c5ccc(SCCCCCCCC)cc5)cc4)o3)cc2)cc1. The molecule has 0 atom stereocenters. The molecule has 0 fully saturated rings. The highest BCUT2D eigenvalue weighted by molar-refractivity contribution is 7.99. The average Bonchev–Trinajstić information content (AvgIpc) is 3.69. The van der Waals surface area contributed by atoms with Gasteiger partial charge in [0.25, 0.3) is 0 Å². The number of unbranched alkanes of at least 4 members (excludes halogenated alkanes) is 10. The quantitative estimate of drug-likeness (QED) is 0.0297. The molecule has 0 N–H and O–H groups in total. The van der Waals surface area contributed by atoms with Crippen LogP contribution < -0.4 is 9.47 Å². The number of carbonyl (C=O) groups is 2. The van der Waals surface area contributed by atoms with Crippen LogP contribution in [0.25, 0.3) is 22.9 Å². The van der Waals surface area contributed by atoms with Crippen LogP contribution in [0.2, 0.25) is 0 Å². The van der Waals surface area contributed by atoms with Crippen molar-refractivity contribution in [1.29, 1.82) is 0 Å². The first-order valence-electron chi connectivity index (χ1n) is 19.0. The van der Waals surface area contributed by atoms with Gasteiger partial charge in [0.2, 0.25) is 11.8 Å². The number of nitrogens with zero attached hydrogens (tertiary/aromatic N) is 2. The van der Waals surface area contributed by atoms with Gasteiger partial charge in [-0.25, -0.2) is 9.59 Å². The Labute approximate surface area is 322 Å². The molecule has 0 bridgehead atoms. The number of carbonyl (C=O) groups excluding carboxylic acids is 2. The van der Waals surface area contributed by atoms with Crippen LogP contribution in [0.5, 0.6) is 11.5 Å². The van der Waals surface area contributed by atoms with Gasteiger partial charge in [0, 0.05) is 20.9 Å². The van der Waals surface area contributed by atoms with Gasteiger partial charge < -0.3 is 13.9 Å². The molecule has 7 nitrogen and oxygen atoms in total. The van der Waals surface area contributed by atoms with E-state index in [1.54, 1.807) is 48.5 Å². The fourth-order valence-corrected chi connectivity index (χ4v) is 7.46. The predicted molar refractivity (Wildman–Crippen MR) is 216 cm³/mol. The third kappa shape index (κ3) is 13.2. The number of benzene rings is 4. The van der Waals surface area contributed by atoms with Crippen molar-refractivity contribution in [2.24, 2.45) is 0 Å². The molecule has 5 rings (SSSR count). The molecule has 0 spiro atoms. The van der Waals surface area contributed by atoms with Crippen molar-refractivity contribution in [3.8, 4) is 34.4 Å². The van der Waals surface area contributed by atoms with E-state index in [2.05, 4.69) is 24.0 Å². The molecule has 278 valence electrons. The van der Waals surface area contributed by atoms with Crippen molar-refractivity contribution < 1.29 is 23.5 Å². The lowest BCUT2D eigenvalue weighted by atomic mass is 10.1. The van der Waals surface area contributed by atoms with Crippen LogP contribution in [0.4, 0.5) is 0 Å². The molecule has 0 aliphatic carbocycles. The molecule has 0 saturated heterocycles. The van der Waals surface area contributed by atoms with Crippen LogP contribution in [0, 0.1) is 0 Å². The van der Waals surface area contributed by atoms with Gasteiger partial charge in [-0.3, -0.25) is 0 Å². The highest BCUT2D eigenvalue weighted by Gasteiger charge is 2.14. The molecule has 53 heavy (non-hydrogen) atoms. The fourth-order valence-electron chi connectivity index (χ4n) is 5.64. The molecule has 0 saturated carbocycles. The summed E-state index contributed by atoms with van der Waals surface area (Å²) in [7, 11) is 0. The average molecular weight is 751 g/mol. The Kier molecular flexibility index (Phi) is 16.6. The summed E-state index contributed by atoms with van der Waals surface area (Å²) in [5, 5.41) is 8.39. The minimum absolute atomic E-state index is 0.330.